The Balaban J connectivity index is 0.000000963. The van der Waals surface area contributed by atoms with Crippen molar-refractivity contribution < 1.29 is 20.9 Å². The number of amides is 1. The van der Waals surface area contributed by atoms with Crippen LogP contribution in [0.5, 0.6) is 0 Å². The molecule has 4 aliphatic carbocycles. The second-order valence-electron chi connectivity index (χ2n) is 5.72. The maximum Gasteiger partial charge on any atom is 0.405 e. The van der Waals surface area contributed by atoms with Crippen molar-refractivity contribution in [1.29, 1.82) is 0 Å². The predicted molar refractivity (Wildman–Crippen MR) is 69.9 cm³/mol. The molecule has 0 aliphatic heterocycles. The molecule has 0 saturated heterocycles. The number of nitrogens with one attached hydrogen (secondary N) is 1. The van der Waals surface area contributed by atoms with Crippen LogP contribution in [-0.4, -0.2) is 33.7 Å². The van der Waals surface area contributed by atoms with Crippen molar-refractivity contribution in [2.45, 2.75) is 43.7 Å². The molecule has 8 N–H and O–H groups in total. The van der Waals surface area contributed by atoms with Crippen molar-refractivity contribution in [2.24, 2.45) is 23.5 Å². The van der Waals surface area contributed by atoms with E-state index in [9.17, 15) is 4.79 Å². The average Bonchev–Trinajstić information content (AvgIpc) is 2.11. The van der Waals surface area contributed by atoms with Crippen LogP contribution in [0.4, 0.5) is 4.79 Å². The van der Waals surface area contributed by atoms with Gasteiger partial charge in [0.05, 0.1) is 5.54 Å². The fraction of sp³-hybridized carbons (Fsp3) is 0.909. The molecule has 4 saturated carbocycles. The minimum absolute atomic E-state index is 0. The van der Waals surface area contributed by atoms with E-state index in [1.54, 1.807) is 0 Å². The number of hydrogen-bond acceptors (Lipinski definition) is 2. The van der Waals surface area contributed by atoms with Crippen LogP contribution in [0.3, 0.4) is 0 Å². The Kier molecular flexibility index (Phi) is 5.43. The summed E-state index contributed by atoms with van der Waals surface area (Å²) in [5, 5.41) is 11.7. The Labute approximate surface area is 112 Å². The number of carbonyl (C=O) groups is 1. The van der Waals surface area contributed by atoms with Crippen LogP contribution >= 0.6 is 12.4 Å². The lowest BCUT2D eigenvalue weighted by Gasteiger charge is -2.59. The molecule has 0 aromatic heterocycles. The summed E-state index contributed by atoms with van der Waals surface area (Å²) in [6.07, 6.45) is 4.77. The fourth-order valence-electron chi connectivity index (χ4n) is 4.48. The van der Waals surface area contributed by atoms with E-state index >= 15 is 0 Å². The zero-order valence-corrected chi connectivity index (χ0v) is 11.0. The van der Waals surface area contributed by atoms with E-state index in [0.717, 1.165) is 12.8 Å². The second kappa shape index (κ2) is 5.61. The summed E-state index contributed by atoms with van der Waals surface area (Å²) in [4.78, 5) is 10.9. The molecular formula is C11H23ClN2O4. The minimum atomic E-state index is -0.910. The molecule has 0 aromatic rings. The van der Waals surface area contributed by atoms with Gasteiger partial charge < -0.3 is 27.1 Å². The Morgan fingerprint density at radius 2 is 1.67 bits per heavy atom. The van der Waals surface area contributed by atoms with E-state index in [0.29, 0.717) is 17.8 Å². The highest BCUT2D eigenvalue weighted by Crippen LogP contribution is 2.54. The van der Waals surface area contributed by atoms with Crippen molar-refractivity contribution in [3.63, 3.8) is 0 Å². The SMILES string of the molecule is Cl.NC1C2CC3CC(C2)CC1(NC(=O)O)C3.O.O. The summed E-state index contributed by atoms with van der Waals surface area (Å²) < 4.78 is 0. The van der Waals surface area contributed by atoms with Gasteiger partial charge in [-0.1, -0.05) is 0 Å². The molecule has 4 rings (SSSR count). The van der Waals surface area contributed by atoms with Crippen LogP contribution in [0.25, 0.3) is 0 Å². The van der Waals surface area contributed by atoms with Crippen LogP contribution in [0.2, 0.25) is 0 Å². The molecule has 7 heteroatoms. The second-order valence-corrected chi connectivity index (χ2v) is 5.72. The predicted octanol–water partition coefficient (Wildman–Crippen LogP) is -0.0676. The Bertz CT molecular complexity index is 301. The van der Waals surface area contributed by atoms with Gasteiger partial charge in [-0.3, -0.25) is 0 Å². The summed E-state index contributed by atoms with van der Waals surface area (Å²) in [7, 11) is 0. The zero-order valence-electron chi connectivity index (χ0n) is 10.2. The number of nitrogens with two attached hydrogens (primary N) is 1. The monoisotopic (exact) mass is 282 g/mol. The lowest BCUT2D eigenvalue weighted by Crippen LogP contribution is -2.70. The third-order valence-electron chi connectivity index (χ3n) is 4.75. The van der Waals surface area contributed by atoms with Gasteiger partial charge in [-0.25, -0.2) is 4.79 Å². The number of rotatable bonds is 1. The van der Waals surface area contributed by atoms with Crippen LogP contribution in [-0.2, 0) is 0 Å². The van der Waals surface area contributed by atoms with E-state index in [4.69, 9.17) is 10.8 Å². The number of carboxylic acid groups (broad SMARTS) is 1. The molecule has 18 heavy (non-hydrogen) atoms. The molecule has 0 radical (unpaired) electrons. The van der Waals surface area contributed by atoms with E-state index < -0.39 is 6.09 Å². The first-order valence-electron chi connectivity index (χ1n) is 5.86. The van der Waals surface area contributed by atoms with Crippen LogP contribution in [0, 0.1) is 17.8 Å². The van der Waals surface area contributed by atoms with Crippen LogP contribution in [0.15, 0.2) is 0 Å². The molecule has 6 nitrogen and oxygen atoms in total. The largest absolute Gasteiger partial charge is 0.465 e. The molecule has 3 unspecified atom stereocenters. The third-order valence-corrected chi connectivity index (χ3v) is 4.75. The molecular weight excluding hydrogens is 260 g/mol. The van der Waals surface area contributed by atoms with E-state index in [2.05, 4.69) is 5.32 Å². The Hall–Kier alpha value is -0.560. The van der Waals surface area contributed by atoms with Gasteiger partial charge in [-0.15, -0.1) is 12.4 Å². The first-order valence-corrected chi connectivity index (χ1v) is 5.86. The molecule has 3 atom stereocenters. The normalized spacial score (nSPS) is 43.2. The van der Waals surface area contributed by atoms with Crippen LogP contribution in [0.1, 0.15) is 32.1 Å². The molecule has 4 bridgehead atoms. The minimum Gasteiger partial charge on any atom is -0.465 e. The topological polar surface area (TPSA) is 138 Å². The lowest BCUT2D eigenvalue weighted by molar-refractivity contribution is -0.0351. The molecule has 4 aliphatic rings. The van der Waals surface area contributed by atoms with Gasteiger partial charge in [0.2, 0.25) is 0 Å². The summed E-state index contributed by atoms with van der Waals surface area (Å²) >= 11 is 0. The van der Waals surface area contributed by atoms with Crippen molar-refractivity contribution >= 4 is 18.5 Å². The highest BCUT2D eigenvalue weighted by atomic mass is 35.5. The van der Waals surface area contributed by atoms with Gasteiger partial charge in [0.25, 0.3) is 0 Å². The lowest BCUT2D eigenvalue weighted by atomic mass is 9.51. The molecule has 1 amide bonds. The highest BCUT2D eigenvalue weighted by Gasteiger charge is 2.56. The van der Waals surface area contributed by atoms with E-state index in [1.165, 1.54) is 19.3 Å². The van der Waals surface area contributed by atoms with Gasteiger partial charge in [0, 0.05) is 6.04 Å². The maximum absolute atomic E-state index is 10.9. The molecule has 108 valence electrons. The standard InChI is InChI=1S/C11H18N2O2.ClH.2H2O/c12-9-8-2-6-1-7(3-8)5-11(9,4-6)13-10(14)15;;;/h6-9,13H,1-5,12H2,(H,14,15);1H;2*1H2. The van der Waals surface area contributed by atoms with E-state index in [1.807, 2.05) is 0 Å². The first kappa shape index (κ1) is 17.4. The van der Waals surface area contributed by atoms with Crippen LogP contribution < -0.4 is 11.1 Å². The summed E-state index contributed by atoms with van der Waals surface area (Å²) in [5.74, 6) is 1.99. The van der Waals surface area contributed by atoms with Crippen molar-refractivity contribution in [3.8, 4) is 0 Å². The average molecular weight is 283 g/mol. The van der Waals surface area contributed by atoms with E-state index in [-0.39, 0.29) is 34.9 Å². The first-order chi connectivity index (χ1) is 7.09. The summed E-state index contributed by atoms with van der Waals surface area (Å²) in [5.41, 5.74) is 5.93. The van der Waals surface area contributed by atoms with Gasteiger partial charge >= 0.3 is 6.09 Å². The number of halogens is 1. The van der Waals surface area contributed by atoms with Gasteiger partial charge in [-0.2, -0.15) is 0 Å². The third kappa shape index (κ3) is 2.42. The Morgan fingerprint density at radius 1 is 1.17 bits per heavy atom. The van der Waals surface area contributed by atoms with Crippen molar-refractivity contribution in [3.05, 3.63) is 0 Å². The summed E-state index contributed by atoms with van der Waals surface area (Å²) in [6.45, 7) is 0. The fourth-order valence-corrected chi connectivity index (χ4v) is 4.48. The number of hydrogen-bond donors (Lipinski definition) is 3. The van der Waals surface area contributed by atoms with Gasteiger partial charge in [-0.05, 0) is 49.9 Å². The molecule has 0 heterocycles. The zero-order chi connectivity index (χ0) is 10.6. The Morgan fingerprint density at radius 3 is 2.11 bits per heavy atom. The van der Waals surface area contributed by atoms with Crippen molar-refractivity contribution in [1.82, 2.24) is 5.32 Å². The maximum atomic E-state index is 10.9. The molecule has 0 aromatic carbocycles. The molecule has 0 spiro atoms. The quantitative estimate of drug-likeness (QED) is 0.620. The van der Waals surface area contributed by atoms with Crippen molar-refractivity contribution in [2.75, 3.05) is 0 Å². The van der Waals surface area contributed by atoms with Gasteiger partial charge in [0.1, 0.15) is 0 Å². The molecule has 4 fully saturated rings. The highest BCUT2D eigenvalue weighted by molar-refractivity contribution is 5.85. The van der Waals surface area contributed by atoms with Gasteiger partial charge in [0.15, 0.2) is 0 Å². The summed E-state index contributed by atoms with van der Waals surface area (Å²) in [6, 6.07) is 0.0430. The smallest absolute Gasteiger partial charge is 0.405 e.